The first-order valence-electron chi connectivity index (χ1n) is 6.86. The van der Waals surface area contributed by atoms with Gasteiger partial charge in [-0.2, -0.15) is 0 Å². The Kier molecular flexibility index (Phi) is 4.37. The number of hydrogen-bond acceptors (Lipinski definition) is 2. The molecule has 2 N–H and O–H groups in total. The van der Waals surface area contributed by atoms with Gasteiger partial charge in [-0.25, -0.2) is 0 Å². The summed E-state index contributed by atoms with van der Waals surface area (Å²) in [5, 5.41) is 0. The van der Waals surface area contributed by atoms with Crippen molar-refractivity contribution < 1.29 is 4.79 Å². The lowest BCUT2D eigenvalue weighted by Gasteiger charge is -2.35. The number of carbonyl (C=O) groups is 1. The maximum Gasteiger partial charge on any atom is 0.254 e. The van der Waals surface area contributed by atoms with Crippen molar-refractivity contribution in [3.8, 4) is 0 Å². The number of nitrogens with two attached hydrogens (primary N) is 1. The molecule has 0 aliphatic carbocycles. The van der Waals surface area contributed by atoms with Gasteiger partial charge in [0.1, 0.15) is 0 Å². The van der Waals surface area contributed by atoms with Crippen LogP contribution in [0.1, 0.15) is 42.1 Å². The van der Waals surface area contributed by atoms with Gasteiger partial charge in [-0.3, -0.25) is 4.79 Å². The molecule has 0 saturated carbocycles. The molecule has 3 heteroatoms. The van der Waals surface area contributed by atoms with Gasteiger partial charge in [-0.1, -0.05) is 19.1 Å². The SMILES string of the molecule is CCc1ccc(C(=O)N2CCCCC2CN)cc1. The highest BCUT2D eigenvalue weighted by Gasteiger charge is 2.26. The van der Waals surface area contributed by atoms with Crippen molar-refractivity contribution >= 4 is 5.91 Å². The Morgan fingerprint density at radius 2 is 2.06 bits per heavy atom. The Morgan fingerprint density at radius 3 is 2.67 bits per heavy atom. The Morgan fingerprint density at radius 1 is 1.33 bits per heavy atom. The third-order valence-electron chi connectivity index (χ3n) is 3.77. The normalized spacial score (nSPS) is 19.9. The van der Waals surface area contributed by atoms with Crippen LogP contribution in [-0.4, -0.2) is 29.9 Å². The van der Waals surface area contributed by atoms with E-state index in [1.54, 1.807) is 0 Å². The maximum absolute atomic E-state index is 12.4. The molecule has 3 nitrogen and oxygen atoms in total. The van der Waals surface area contributed by atoms with Crippen LogP contribution >= 0.6 is 0 Å². The van der Waals surface area contributed by atoms with Crippen molar-refractivity contribution in [3.63, 3.8) is 0 Å². The minimum atomic E-state index is 0.132. The lowest BCUT2D eigenvalue weighted by Crippen LogP contribution is -2.47. The molecule has 18 heavy (non-hydrogen) atoms. The summed E-state index contributed by atoms with van der Waals surface area (Å²) >= 11 is 0. The van der Waals surface area contributed by atoms with Gasteiger partial charge in [-0.05, 0) is 43.4 Å². The lowest BCUT2D eigenvalue weighted by atomic mass is 10.0. The van der Waals surface area contributed by atoms with Crippen LogP contribution in [0.25, 0.3) is 0 Å². The lowest BCUT2D eigenvalue weighted by molar-refractivity contribution is 0.0623. The third-order valence-corrected chi connectivity index (χ3v) is 3.77. The van der Waals surface area contributed by atoms with Crippen molar-refractivity contribution in [3.05, 3.63) is 35.4 Å². The first kappa shape index (κ1) is 13.1. The molecule has 0 radical (unpaired) electrons. The number of amides is 1. The number of piperidine rings is 1. The molecule has 1 amide bonds. The fraction of sp³-hybridized carbons (Fsp3) is 0.533. The average molecular weight is 246 g/mol. The summed E-state index contributed by atoms with van der Waals surface area (Å²) < 4.78 is 0. The fourth-order valence-electron chi connectivity index (χ4n) is 2.56. The van der Waals surface area contributed by atoms with Crippen LogP contribution in [0.15, 0.2) is 24.3 Å². The Balaban J connectivity index is 2.13. The molecule has 1 unspecified atom stereocenters. The van der Waals surface area contributed by atoms with E-state index in [1.807, 2.05) is 29.2 Å². The number of rotatable bonds is 3. The quantitative estimate of drug-likeness (QED) is 0.888. The van der Waals surface area contributed by atoms with Gasteiger partial charge in [0, 0.05) is 24.7 Å². The van der Waals surface area contributed by atoms with Crippen LogP contribution in [-0.2, 0) is 6.42 Å². The van der Waals surface area contributed by atoms with Crippen LogP contribution in [0.3, 0.4) is 0 Å². The molecule has 1 aromatic carbocycles. The number of benzene rings is 1. The van der Waals surface area contributed by atoms with Gasteiger partial charge < -0.3 is 10.6 Å². The topological polar surface area (TPSA) is 46.3 Å². The molecule has 2 rings (SSSR count). The van der Waals surface area contributed by atoms with Crippen molar-refractivity contribution in [2.45, 2.75) is 38.6 Å². The Bertz CT molecular complexity index is 399. The molecule has 0 aromatic heterocycles. The fourth-order valence-corrected chi connectivity index (χ4v) is 2.56. The van der Waals surface area contributed by atoms with E-state index in [4.69, 9.17) is 5.73 Å². The molecule has 1 aliphatic rings. The van der Waals surface area contributed by atoms with E-state index in [9.17, 15) is 4.79 Å². The van der Waals surface area contributed by atoms with Crippen LogP contribution in [0.4, 0.5) is 0 Å². The van der Waals surface area contributed by atoms with E-state index < -0.39 is 0 Å². The minimum absolute atomic E-state index is 0.132. The van der Waals surface area contributed by atoms with Gasteiger partial charge in [0.25, 0.3) is 5.91 Å². The van der Waals surface area contributed by atoms with Crippen LogP contribution in [0, 0.1) is 0 Å². The van der Waals surface area contributed by atoms with Gasteiger partial charge in [0.05, 0.1) is 0 Å². The van der Waals surface area contributed by atoms with Crippen LogP contribution in [0.5, 0.6) is 0 Å². The zero-order valence-electron chi connectivity index (χ0n) is 11.1. The second-order valence-corrected chi connectivity index (χ2v) is 4.93. The average Bonchev–Trinajstić information content (AvgIpc) is 2.46. The minimum Gasteiger partial charge on any atom is -0.334 e. The number of aryl methyl sites for hydroxylation is 1. The van der Waals surface area contributed by atoms with Crippen molar-refractivity contribution in [1.82, 2.24) is 4.90 Å². The summed E-state index contributed by atoms with van der Waals surface area (Å²) in [6, 6.07) is 8.16. The summed E-state index contributed by atoms with van der Waals surface area (Å²) in [5.41, 5.74) is 7.81. The molecule has 1 fully saturated rings. The summed E-state index contributed by atoms with van der Waals surface area (Å²) in [6.45, 7) is 3.53. The molecule has 1 aliphatic heterocycles. The van der Waals surface area contributed by atoms with Gasteiger partial charge >= 0.3 is 0 Å². The van der Waals surface area contributed by atoms with E-state index in [2.05, 4.69) is 6.92 Å². The van der Waals surface area contributed by atoms with Gasteiger partial charge in [0.2, 0.25) is 0 Å². The first-order valence-corrected chi connectivity index (χ1v) is 6.86. The monoisotopic (exact) mass is 246 g/mol. The van der Waals surface area contributed by atoms with E-state index in [-0.39, 0.29) is 11.9 Å². The largest absolute Gasteiger partial charge is 0.334 e. The van der Waals surface area contributed by atoms with E-state index >= 15 is 0 Å². The summed E-state index contributed by atoms with van der Waals surface area (Å²) in [6.07, 6.45) is 4.31. The highest BCUT2D eigenvalue weighted by Crippen LogP contribution is 2.19. The number of hydrogen-bond donors (Lipinski definition) is 1. The molecular weight excluding hydrogens is 224 g/mol. The summed E-state index contributed by atoms with van der Waals surface area (Å²) in [4.78, 5) is 14.4. The molecule has 98 valence electrons. The smallest absolute Gasteiger partial charge is 0.254 e. The summed E-state index contributed by atoms with van der Waals surface area (Å²) in [7, 11) is 0. The van der Waals surface area contributed by atoms with Crippen molar-refractivity contribution in [2.75, 3.05) is 13.1 Å². The summed E-state index contributed by atoms with van der Waals surface area (Å²) in [5.74, 6) is 0.132. The van der Waals surface area contributed by atoms with E-state index in [1.165, 1.54) is 12.0 Å². The first-order chi connectivity index (χ1) is 8.76. The van der Waals surface area contributed by atoms with Crippen molar-refractivity contribution in [1.29, 1.82) is 0 Å². The molecule has 0 bridgehead atoms. The molecular formula is C15H22N2O. The Labute approximate surface area is 109 Å². The van der Waals surface area contributed by atoms with Gasteiger partial charge in [-0.15, -0.1) is 0 Å². The van der Waals surface area contributed by atoms with Crippen LogP contribution < -0.4 is 5.73 Å². The van der Waals surface area contributed by atoms with Crippen molar-refractivity contribution in [2.24, 2.45) is 5.73 Å². The molecule has 1 atom stereocenters. The predicted molar refractivity (Wildman–Crippen MR) is 73.5 cm³/mol. The van der Waals surface area contributed by atoms with E-state index in [0.717, 1.165) is 31.4 Å². The standard InChI is InChI=1S/C15H22N2O/c1-2-12-6-8-13(9-7-12)15(18)17-10-4-3-5-14(17)11-16/h6-9,14H,2-5,10-11,16H2,1H3. The molecule has 1 aromatic rings. The molecule has 0 spiro atoms. The second kappa shape index (κ2) is 6.01. The highest BCUT2D eigenvalue weighted by molar-refractivity contribution is 5.94. The maximum atomic E-state index is 12.4. The Hall–Kier alpha value is -1.35. The number of nitrogens with zero attached hydrogens (tertiary/aromatic N) is 1. The zero-order chi connectivity index (χ0) is 13.0. The molecule has 1 heterocycles. The van der Waals surface area contributed by atoms with Gasteiger partial charge in [0.15, 0.2) is 0 Å². The van der Waals surface area contributed by atoms with E-state index in [0.29, 0.717) is 6.54 Å². The third kappa shape index (κ3) is 2.72. The highest BCUT2D eigenvalue weighted by atomic mass is 16.2. The number of carbonyl (C=O) groups excluding carboxylic acids is 1. The zero-order valence-corrected chi connectivity index (χ0v) is 11.1. The second-order valence-electron chi connectivity index (χ2n) is 4.93. The number of likely N-dealkylation sites (tertiary alicyclic amines) is 1. The molecule has 1 saturated heterocycles. The predicted octanol–water partition coefficient (Wildman–Crippen LogP) is 2.20. The van der Waals surface area contributed by atoms with Crippen LogP contribution in [0.2, 0.25) is 0 Å².